The Balaban J connectivity index is 1.93. The van der Waals surface area contributed by atoms with E-state index in [1.165, 1.54) is 11.1 Å². The monoisotopic (exact) mass is 348 g/mol. The molecule has 4 heteroatoms. The van der Waals surface area contributed by atoms with Gasteiger partial charge in [-0.3, -0.25) is 0 Å². The minimum atomic E-state index is 0.110. The van der Waals surface area contributed by atoms with E-state index < -0.39 is 0 Å². The van der Waals surface area contributed by atoms with E-state index in [1.54, 1.807) is 7.11 Å². The van der Waals surface area contributed by atoms with Gasteiger partial charge < -0.3 is 14.2 Å². The molecule has 3 rings (SSSR count). The maximum atomic E-state index is 5.65. The van der Waals surface area contributed by atoms with Crippen LogP contribution >= 0.6 is 15.9 Å². The fourth-order valence-electron chi connectivity index (χ4n) is 2.46. The van der Waals surface area contributed by atoms with Crippen molar-refractivity contribution in [3.63, 3.8) is 0 Å². The highest BCUT2D eigenvalue weighted by Crippen LogP contribution is 2.39. The third-order valence-corrected chi connectivity index (χ3v) is 4.63. The van der Waals surface area contributed by atoms with Gasteiger partial charge in [-0.2, -0.15) is 0 Å². The third kappa shape index (κ3) is 2.86. The molecule has 0 fully saturated rings. The van der Waals surface area contributed by atoms with E-state index in [-0.39, 0.29) is 4.83 Å². The Morgan fingerprint density at radius 1 is 1.05 bits per heavy atom. The Morgan fingerprint density at radius 2 is 1.81 bits per heavy atom. The van der Waals surface area contributed by atoms with E-state index in [4.69, 9.17) is 14.2 Å². The SMILES string of the molecule is COc1ccc(C(Br)c2ccc3c(c2)OCCO3)c(C)c1. The van der Waals surface area contributed by atoms with Gasteiger partial charge in [0, 0.05) is 0 Å². The largest absolute Gasteiger partial charge is 0.497 e. The number of rotatable bonds is 3. The molecule has 1 aliphatic rings. The summed E-state index contributed by atoms with van der Waals surface area (Å²) in [6.07, 6.45) is 0. The summed E-state index contributed by atoms with van der Waals surface area (Å²) in [4.78, 5) is 0.110. The van der Waals surface area contributed by atoms with Crippen LogP contribution in [0.1, 0.15) is 21.5 Å². The number of benzene rings is 2. The van der Waals surface area contributed by atoms with Crippen LogP contribution in [0.15, 0.2) is 36.4 Å². The molecule has 110 valence electrons. The van der Waals surface area contributed by atoms with Crippen molar-refractivity contribution in [2.45, 2.75) is 11.8 Å². The van der Waals surface area contributed by atoms with Crippen molar-refractivity contribution in [3.8, 4) is 17.2 Å². The first-order chi connectivity index (χ1) is 10.2. The number of ether oxygens (including phenoxy) is 3. The van der Waals surface area contributed by atoms with E-state index in [1.807, 2.05) is 24.3 Å². The van der Waals surface area contributed by atoms with Crippen LogP contribution in [-0.4, -0.2) is 20.3 Å². The zero-order valence-electron chi connectivity index (χ0n) is 12.1. The molecule has 0 amide bonds. The lowest BCUT2D eigenvalue weighted by molar-refractivity contribution is 0.171. The summed E-state index contributed by atoms with van der Waals surface area (Å²) < 4.78 is 16.5. The first kappa shape index (κ1) is 14.3. The van der Waals surface area contributed by atoms with Gasteiger partial charge in [-0.25, -0.2) is 0 Å². The molecule has 2 aromatic carbocycles. The van der Waals surface area contributed by atoms with Crippen molar-refractivity contribution in [2.24, 2.45) is 0 Å². The van der Waals surface area contributed by atoms with Crippen molar-refractivity contribution in [2.75, 3.05) is 20.3 Å². The highest BCUT2D eigenvalue weighted by molar-refractivity contribution is 9.09. The lowest BCUT2D eigenvalue weighted by Crippen LogP contribution is -2.15. The van der Waals surface area contributed by atoms with Crippen LogP contribution in [0.3, 0.4) is 0 Å². The average molecular weight is 349 g/mol. The number of alkyl halides is 1. The van der Waals surface area contributed by atoms with Gasteiger partial charge in [-0.1, -0.05) is 28.1 Å². The van der Waals surface area contributed by atoms with Crippen molar-refractivity contribution in [1.82, 2.24) is 0 Å². The van der Waals surface area contributed by atoms with Crippen molar-refractivity contribution < 1.29 is 14.2 Å². The molecule has 3 nitrogen and oxygen atoms in total. The zero-order valence-corrected chi connectivity index (χ0v) is 13.6. The first-order valence-electron chi connectivity index (χ1n) is 6.87. The number of fused-ring (bicyclic) bond motifs is 1. The minimum Gasteiger partial charge on any atom is -0.497 e. The third-order valence-electron chi connectivity index (χ3n) is 3.61. The van der Waals surface area contributed by atoms with Crippen LogP contribution in [0, 0.1) is 6.92 Å². The second kappa shape index (κ2) is 5.98. The Bertz CT molecular complexity index is 654. The smallest absolute Gasteiger partial charge is 0.161 e. The zero-order chi connectivity index (χ0) is 14.8. The summed E-state index contributed by atoms with van der Waals surface area (Å²) in [6.45, 7) is 3.30. The van der Waals surface area contributed by atoms with E-state index >= 15 is 0 Å². The summed E-state index contributed by atoms with van der Waals surface area (Å²) in [5.41, 5.74) is 3.55. The molecule has 21 heavy (non-hydrogen) atoms. The predicted octanol–water partition coefficient (Wildman–Crippen LogP) is 4.26. The van der Waals surface area contributed by atoms with Gasteiger partial charge in [0.2, 0.25) is 0 Å². The quantitative estimate of drug-likeness (QED) is 0.775. The molecular formula is C17H17BrO3. The molecule has 1 heterocycles. The first-order valence-corrected chi connectivity index (χ1v) is 7.79. The number of methoxy groups -OCH3 is 1. The molecule has 0 radical (unpaired) electrons. The molecule has 0 saturated carbocycles. The van der Waals surface area contributed by atoms with Gasteiger partial charge in [-0.05, 0) is 47.9 Å². The average Bonchev–Trinajstić information content (AvgIpc) is 2.53. The molecule has 1 unspecified atom stereocenters. The van der Waals surface area contributed by atoms with Gasteiger partial charge >= 0.3 is 0 Å². The van der Waals surface area contributed by atoms with Crippen LogP contribution in [0.2, 0.25) is 0 Å². The minimum absolute atomic E-state index is 0.110. The van der Waals surface area contributed by atoms with Gasteiger partial charge in [0.05, 0.1) is 11.9 Å². The van der Waals surface area contributed by atoms with E-state index in [9.17, 15) is 0 Å². The van der Waals surface area contributed by atoms with Crippen LogP contribution < -0.4 is 14.2 Å². The molecular weight excluding hydrogens is 332 g/mol. The molecule has 0 saturated heterocycles. The normalized spacial score (nSPS) is 14.6. The molecule has 0 bridgehead atoms. The molecule has 0 spiro atoms. The summed E-state index contributed by atoms with van der Waals surface area (Å²) >= 11 is 3.78. The van der Waals surface area contributed by atoms with Gasteiger partial charge in [0.15, 0.2) is 11.5 Å². The summed E-state index contributed by atoms with van der Waals surface area (Å²) in [5.74, 6) is 2.50. The maximum absolute atomic E-state index is 5.65. The number of hydrogen-bond donors (Lipinski definition) is 0. The van der Waals surface area contributed by atoms with Crippen LogP contribution in [0.25, 0.3) is 0 Å². The lowest BCUT2D eigenvalue weighted by atomic mass is 10.00. The second-order valence-corrected chi connectivity index (χ2v) is 5.90. The maximum Gasteiger partial charge on any atom is 0.161 e. The van der Waals surface area contributed by atoms with E-state index in [0.717, 1.165) is 22.8 Å². The lowest BCUT2D eigenvalue weighted by Gasteiger charge is -2.21. The fourth-order valence-corrected chi connectivity index (χ4v) is 3.26. The van der Waals surface area contributed by atoms with Crippen molar-refractivity contribution >= 4 is 15.9 Å². The highest BCUT2D eigenvalue weighted by atomic mass is 79.9. The standard InChI is InChI=1S/C17H17BrO3/c1-11-9-13(19-2)4-5-14(11)17(18)12-3-6-15-16(10-12)21-8-7-20-15/h3-6,9-10,17H,7-8H2,1-2H3. The molecule has 0 aromatic heterocycles. The highest BCUT2D eigenvalue weighted by Gasteiger charge is 2.18. The Kier molecular flexibility index (Phi) is 4.06. The van der Waals surface area contributed by atoms with Gasteiger partial charge in [0.25, 0.3) is 0 Å². The Hall–Kier alpha value is -1.68. The number of halogens is 1. The Labute approximate surface area is 133 Å². The van der Waals surface area contributed by atoms with E-state index in [2.05, 4.69) is 35.0 Å². The molecule has 2 aromatic rings. The molecule has 1 atom stereocenters. The number of hydrogen-bond acceptors (Lipinski definition) is 3. The van der Waals surface area contributed by atoms with Gasteiger partial charge in [-0.15, -0.1) is 0 Å². The van der Waals surface area contributed by atoms with Crippen LogP contribution in [-0.2, 0) is 0 Å². The van der Waals surface area contributed by atoms with Crippen LogP contribution in [0.5, 0.6) is 17.2 Å². The molecule has 1 aliphatic heterocycles. The van der Waals surface area contributed by atoms with Crippen LogP contribution in [0.4, 0.5) is 0 Å². The van der Waals surface area contributed by atoms with E-state index in [0.29, 0.717) is 13.2 Å². The second-order valence-electron chi connectivity index (χ2n) is 4.99. The fraction of sp³-hybridized carbons (Fsp3) is 0.294. The topological polar surface area (TPSA) is 27.7 Å². The Morgan fingerprint density at radius 3 is 2.52 bits per heavy atom. The van der Waals surface area contributed by atoms with Crippen molar-refractivity contribution in [3.05, 3.63) is 53.1 Å². The molecule has 0 N–H and O–H groups in total. The summed E-state index contributed by atoms with van der Waals surface area (Å²) in [5, 5.41) is 0. The number of aryl methyl sites for hydroxylation is 1. The predicted molar refractivity (Wildman–Crippen MR) is 85.9 cm³/mol. The molecule has 0 aliphatic carbocycles. The van der Waals surface area contributed by atoms with Crippen molar-refractivity contribution in [1.29, 1.82) is 0 Å². The van der Waals surface area contributed by atoms with Gasteiger partial charge in [0.1, 0.15) is 19.0 Å². The summed E-state index contributed by atoms with van der Waals surface area (Å²) in [6, 6.07) is 12.2. The summed E-state index contributed by atoms with van der Waals surface area (Å²) in [7, 11) is 1.68.